The van der Waals surface area contributed by atoms with E-state index in [0.29, 0.717) is 19.1 Å². The van der Waals surface area contributed by atoms with E-state index in [0.717, 1.165) is 25.7 Å². The lowest BCUT2D eigenvalue weighted by Crippen LogP contribution is -2.47. The largest absolute Gasteiger partial charge is 0.395 e. The van der Waals surface area contributed by atoms with Crippen molar-refractivity contribution >= 4 is 11.9 Å². The molecule has 6 heteroatoms. The summed E-state index contributed by atoms with van der Waals surface area (Å²) in [7, 11) is 0. The van der Waals surface area contributed by atoms with Crippen molar-refractivity contribution in [3.63, 3.8) is 0 Å². The summed E-state index contributed by atoms with van der Waals surface area (Å²) in [6, 6.07) is -0.0742. The van der Waals surface area contributed by atoms with E-state index in [-0.39, 0.29) is 19.1 Å². The van der Waals surface area contributed by atoms with Crippen molar-refractivity contribution < 1.29 is 14.7 Å². The van der Waals surface area contributed by atoms with Crippen LogP contribution >= 0.6 is 0 Å². The minimum atomic E-state index is -0.432. The van der Waals surface area contributed by atoms with Crippen LogP contribution in [0.1, 0.15) is 45.4 Å². The molecule has 0 saturated heterocycles. The molecule has 0 aromatic rings. The molecule has 0 spiro atoms. The van der Waals surface area contributed by atoms with Crippen LogP contribution in [-0.2, 0) is 4.79 Å². The molecule has 0 bridgehead atoms. The lowest BCUT2D eigenvalue weighted by molar-refractivity contribution is -0.121. The molecule has 1 fully saturated rings. The summed E-state index contributed by atoms with van der Waals surface area (Å²) in [5, 5.41) is 14.1. The van der Waals surface area contributed by atoms with Crippen LogP contribution in [0.5, 0.6) is 0 Å². The molecule has 6 nitrogen and oxygen atoms in total. The van der Waals surface area contributed by atoms with Crippen LogP contribution < -0.4 is 10.6 Å². The van der Waals surface area contributed by atoms with Gasteiger partial charge in [-0.3, -0.25) is 15.0 Å². The minimum absolute atomic E-state index is 0.0342. The van der Waals surface area contributed by atoms with Crippen molar-refractivity contribution in [2.24, 2.45) is 0 Å². The van der Waals surface area contributed by atoms with Crippen LogP contribution in [0.4, 0.5) is 4.79 Å². The van der Waals surface area contributed by atoms with Gasteiger partial charge in [-0.25, -0.2) is 4.79 Å². The van der Waals surface area contributed by atoms with E-state index >= 15 is 0 Å². The Balaban J connectivity index is 2.31. The van der Waals surface area contributed by atoms with E-state index in [4.69, 9.17) is 5.11 Å². The van der Waals surface area contributed by atoms with E-state index in [2.05, 4.69) is 10.6 Å². The Morgan fingerprint density at radius 3 is 2.60 bits per heavy atom. The van der Waals surface area contributed by atoms with Crippen LogP contribution in [0.25, 0.3) is 0 Å². The molecule has 3 amide bonds. The van der Waals surface area contributed by atoms with Gasteiger partial charge >= 0.3 is 6.03 Å². The molecule has 0 radical (unpaired) electrons. The van der Waals surface area contributed by atoms with Crippen molar-refractivity contribution in [2.45, 2.75) is 51.5 Å². The Morgan fingerprint density at radius 1 is 1.30 bits per heavy atom. The normalized spacial score (nSPS) is 15.6. The van der Waals surface area contributed by atoms with Gasteiger partial charge in [0.25, 0.3) is 0 Å². The average Bonchev–Trinajstić information content (AvgIpc) is 2.92. The Hall–Kier alpha value is -1.14. The molecular weight excluding hydrogens is 258 g/mol. The number of carbonyl (C=O) groups is 2. The van der Waals surface area contributed by atoms with Crippen LogP contribution in [0.15, 0.2) is 0 Å². The van der Waals surface area contributed by atoms with Crippen molar-refractivity contribution in [3.05, 3.63) is 0 Å². The Kier molecular flexibility index (Phi) is 8.22. The molecule has 1 rings (SSSR count). The summed E-state index contributed by atoms with van der Waals surface area (Å²) in [5.74, 6) is -0.306. The molecule has 0 aliphatic heterocycles. The van der Waals surface area contributed by atoms with Gasteiger partial charge in [-0.05, 0) is 19.3 Å². The highest BCUT2D eigenvalue weighted by Crippen LogP contribution is 2.22. The summed E-state index contributed by atoms with van der Waals surface area (Å²) >= 11 is 0. The predicted octanol–water partition coefficient (Wildman–Crippen LogP) is 0.849. The van der Waals surface area contributed by atoms with Gasteiger partial charge < -0.3 is 10.4 Å². The number of rotatable bonds is 8. The number of unbranched alkanes of at least 4 members (excludes halogenated alkanes) is 1. The number of imide groups is 1. The third-order valence-corrected chi connectivity index (χ3v) is 3.64. The third-order valence-electron chi connectivity index (χ3n) is 3.64. The molecule has 116 valence electrons. The van der Waals surface area contributed by atoms with Crippen molar-refractivity contribution in [1.29, 1.82) is 0 Å². The van der Waals surface area contributed by atoms with E-state index in [9.17, 15) is 9.59 Å². The summed E-state index contributed by atoms with van der Waals surface area (Å²) in [4.78, 5) is 25.3. The van der Waals surface area contributed by atoms with Gasteiger partial charge in [0, 0.05) is 19.1 Å². The summed E-state index contributed by atoms with van der Waals surface area (Å²) in [6.45, 7) is 3.31. The lowest BCUT2D eigenvalue weighted by atomic mass is 10.2. The van der Waals surface area contributed by atoms with Gasteiger partial charge in [-0.2, -0.15) is 0 Å². The second kappa shape index (κ2) is 9.72. The molecule has 1 saturated carbocycles. The fourth-order valence-electron chi connectivity index (χ4n) is 2.56. The van der Waals surface area contributed by atoms with Gasteiger partial charge in [-0.15, -0.1) is 0 Å². The number of aliphatic hydroxyl groups is 1. The number of nitrogens with one attached hydrogen (secondary N) is 2. The van der Waals surface area contributed by atoms with Gasteiger partial charge in [0.05, 0.1) is 13.2 Å². The quantitative estimate of drug-likeness (QED) is 0.577. The second-order valence-electron chi connectivity index (χ2n) is 5.29. The topological polar surface area (TPSA) is 81.7 Å². The number of urea groups is 1. The van der Waals surface area contributed by atoms with Gasteiger partial charge in [0.2, 0.25) is 5.91 Å². The van der Waals surface area contributed by atoms with Crippen molar-refractivity contribution in [2.75, 3.05) is 26.2 Å². The Labute approximate surface area is 120 Å². The standard InChI is InChI=1S/C14H27N3O3/c1-2-3-8-15-14(20)16-13(19)11-17(9-10-18)12-6-4-5-7-12/h12,18H,2-11H2,1H3,(H2,15,16,19,20). The predicted molar refractivity (Wildman–Crippen MR) is 77.4 cm³/mol. The zero-order valence-electron chi connectivity index (χ0n) is 12.4. The fraction of sp³-hybridized carbons (Fsp3) is 0.857. The zero-order valence-corrected chi connectivity index (χ0v) is 12.4. The van der Waals surface area contributed by atoms with Crippen LogP contribution in [0.3, 0.4) is 0 Å². The molecule has 0 atom stereocenters. The smallest absolute Gasteiger partial charge is 0.321 e. The summed E-state index contributed by atoms with van der Waals surface area (Å²) < 4.78 is 0. The van der Waals surface area contributed by atoms with E-state index in [1.54, 1.807) is 0 Å². The number of carbonyl (C=O) groups excluding carboxylic acids is 2. The Morgan fingerprint density at radius 2 is 2.00 bits per heavy atom. The molecule has 0 aromatic heterocycles. The van der Waals surface area contributed by atoms with E-state index in [1.807, 2.05) is 11.8 Å². The highest BCUT2D eigenvalue weighted by Gasteiger charge is 2.24. The first-order chi connectivity index (χ1) is 9.67. The fourth-order valence-corrected chi connectivity index (χ4v) is 2.56. The first-order valence-electron chi connectivity index (χ1n) is 7.60. The number of hydrogen-bond donors (Lipinski definition) is 3. The monoisotopic (exact) mass is 285 g/mol. The minimum Gasteiger partial charge on any atom is -0.395 e. The molecular formula is C14H27N3O3. The molecule has 1 aliphatic rings. The SMILES string of the molecule is CCCCNC(=O)NC(=O)CN(CCO)C1CCCC1. The maximum atomic E-state index is 11.8. The summed E-state index contributed by atoms with van der Waals surface area (Å²) in [6.07, 6.45) is 6.38. The average molecular weight is 285 g/mol. The van der Waals surface area contributed by atoms with Gasteiger partial charge in [-0.1, -0.05) is 26.2 Å². The number of hydrogen-bond acceptors (Lipinski definition) is 4. The second-order valence-corrected chi connectivity index (χ2v) is 5.29. The van der Waals surface area contributed by atoms with E-state index < -0.39 is 6.03 Å². The molecule has 0 aromatic carbocycles. The van der Waals surface area contributed by atoms with Crippen LogP contribution in [0.2, 0.25) is 0 Å². The maximum absolute atomic E-state index is 11.8. The van der Waals surface area contributed by atoms with Crippen LogP contribution in [-0.4, -0.2) is 54.2 Å². The van der Waals surface area contributed by atoms with Crippen LogP contribution in [0, 0.1) is 0 Å². The van der Waals surface area contributed by atoms with Gasteiger partial charge in [0.15, 0.2) is 0 Å². The molecule has 0 heterocycles. The number of nitrogens with zero attached hydrogens (tertiary/aromatic N) is 1. The molecule has 3 N–H and O–H groups in total. The number of aliphatic hydroxyl groups excluding tert-OH is 1. The lowest BCUT2D eigenvalue weighted by Gasteiger charge is -2.27. The highest BCUT2D eigenvalue weighted by molar-refractivity contribution is 5.95. The third kappa shape index (κ3) is 6.34. The first kappa shape index (κ1) is 16.9. The van der Waals surface area contributed by atoms with Crippen molar-refractivity contribution in [3.8, 4) is 0 Å². The molecule has 0 unspecified atom stereocenters. The molecule has 20 heavy (non-hydrogen) atoms. The highest BCUT2D eigenvalue weighted by atomic mass is 16.3. The molecule has 1 aliphatic carbocycles. The maximum Gasteiger partial charge on any atom is 0.321 e. The van der Waals surface area contributed by atoms with Gasteiger partial charge in [0.1, 0.15) is 0 Å². The summed E-state index contributed by atoms with van der Waals surface area (Å²) in [5.41, 5.74) is 0. The van der Waals surface area contributed by atoms with Crippen molar-refractivity contribution in [1.82, 2.24) is 15.5 Å². The van der Waals surface area contributed by atoms with E-state index in [1.165, 1.54) is 12.8 Å². The first-order valence-corrected chi connectivity index (χ1v) is 7.60. The number of amides is 3. The Bertz CT molecular complexity index is 304. The zero-order chi connectivity index (χ0) is 14.8.